The van der Waals surface area contributed by atoms with E-state index in [2.05, 4.69) is 32.9 Å². The van der Waals surface area contributed by atoms with Crippen LogP contribution in [0.2, 0.25) is 0 Å². The Hall–Kier alpha value is -0.830. The lowest BCUT2D eigenvalue weighted by Crippen LogP contribution is -2.33. The highest BCUT2D eigenvalue weighted by Gasteiger charge is 2.57. The molecule has 1 unspecified atom stereocenters. The van der Waals surface area contributed by atoms with E-state index in [1.165, 1.54) is 0 Å². The Kier molecular flexibility index (Phi) is 7.90. The zero-order valence-corrected chi connectivity index (χ0v) is 13.3. The lowest BCUT2D eigenvalue weighted by atomic mass is 9.98. The first kappa shape index (κ1) is 17.2. The van der Waals surface area contributed by atoms with Gasteiger partial charge in [-0.1, -0.05) is 45.8 Å². The number of hydrogen-bond acceptors (Lipinski definition) is 3. The second kappa shape index (κ2) is 9.17. The van der Waals surface area contributed by atoms with Gasteiger partial charge >= 0.3 is 5.97 Å². The largest absolute Gasteiger partial charge is 0.465 e. The molecule has 3 nitrogen and oxygen atoms in total. The lowest BCUT2D eigenvalue weighted by Gasteiger charge is -2.23. The number of unbranched alkanes of at least 4 members (excludes halogenated alkanes) is 2. The molecule has 0 aromatic rings. The van der Waals surface area contributed by atoms with E-state index < -0.39 is 5.41 Å². The third-order valence-corrected chi connectivity index (χ3v) is 3.81. The van der Waals surface area contributed by atoms with Crippen LogP contribution < -0.4 is 0 Å². The fraction of sp³-hybridized carbons (Fsp3) is 0.824. The third kappa shape index (κ3) is 4.93. The Bertz CT molecular complexity index is 305. The fourth-order valence-electron chi connectivity index (χ4n) is 2.21. The Balaban J connectivity index is 2.57. The van der Waals surface area contributed by atoms with Crippen LogP contribution in [-0.2, 0) is 14.3 Å². The van der Waals surface area contributed by atoms with Gasteiger partial charge in [0.2, 0.25) is 0 Å². The molecule has 3 heteroatoms. The normalized spacial score (nSPS) is 18.1. The van der Waals surface area contributed by atoms with Crippen molar-refractivity contribution in [2.24, 2.45) is 5.41 Å². The van der Waals surface area contributed by atoms with E-state index >= 15 is 0 Å². The van der Waals surface area contributed by atoms with Gasteiger partial charge in [0.15, 0.2) is 0 Å². The van der Waals surface area contributed by atoms with Crippen molar-refractivity contribution in [1.29, 1.82) is 0 Å². The summed E-state index contributed by atoms with van der Waals surface area (Å²) in [5, 5.41) is 0. The summed E-state index contributed by atoms with van der Waals surface area (Å²) in [6.07, 6.45) is 10.9. The van der Waals surface area contributed by atoms with Crippen LogP contribution in [-0.4, -0.2) is 25.3 Å². The molecule has 0 N–H and O–H groups in total. The van der Waals surface area contributed by atoms with Crippen LogP contribution in [0.4, 0.5) is 0 Å². The van der Waals surface area contributed by atoms with Crippen LogP contribution in [0.15, 0.2) is 12.2 Å². The molecule has 0 amide bonds. The number of carbonyl (C=O) groups is 1. The summed E-state index contributed by atoms with van der Waals surface area (Å²) in [4.78, 5) is 12.3. The molecule has 1 aliphatic carbocycles. The van der Waals surface area contributed by atoms with E-state index in [4.69, 9.17) is 9.47 Å². The SMILES string of the molecule is CC/C=C/C(OCCCC)C1(C(=O)OCCCC)CC1. The van der Waals surface area contributed by atoms with Crippen LogP contribution in [0.25, 0.3) is 0 Å². The minimum atomic E-state index is -0.396. The number of allylic oxidation sites excluding steroid dienone is 1. The second-order valence-corrected chi connectivity index (χ2v) is 5.63. The molecule has 0 heterocycles. The highest BCUT2D eigenvalue weighted by Crippen LogP contribution is 2.51. The summed E-state index contributed by atoms with van der Waals surface area (Å²) < 4.78 is 11.4. The Labute approximate surface area is 123 Å². The molecule has 0 aliphatic heterocycles. The zero-order valence-electron chi connectivity index (χ0n) is 13.3. The monoisotopic (exact) mass is 282 g/mol. The van der Waals surface area contributed by atoms with Gasteiger partial charge in [0, 0.05) is 6.61 Å². The molecule has 0 aromatic carbocycles. The number of carbonyl (C=O) groups excluding carboxylic acids is 1. The van der Waals surface area contributed by atoms with Crippen molar-refractivity contribution in [3.05, 3.63) is 12.2 Å². The molecule has 0 bridgehead atoms. The molecule has 0 aromatic heterocycles. The minimum Gasteiger partial charge on any atom is -0.465 e. The van der Waals surface area contributed by atoms with Crippen LogP contribution in [0.1, 0.15) is 65.7 Å². The van der Waals surface area contributed by atoms with E-state index in [-0.39, 0.29) is 12.1 Å². The minimum absolute atomic E-state index is 0.0619. The highest BCUT2D eigenvalue weighted by molar-refractivity contribution is 5.81. The lowest BCUT2D eigenvalue weighted by molar-refractivity contribution is -0.155. The van der Waals surface area contributed by atoms with Crippen molar-refractivity contribution in [2.45, 2.75) is 71.8 Å². The number of esters is 1. The first-order chi connectivity index (χ1) is 9.71. The molecule has 1 atom stereocenters. The summed E-state index contributed by atoms with van der Waals surface area (Å²) in [6, 6.07) is 0. The van der Waals surface area contributed by atoms with E-state index in [0.717, 1.165) is 51.6 Å². The molecule has 0 radical (unpaired) electrons. The second-order valence-electron chi connectivity index (χ2n) is 5.63. The van der Waals surface area contributed by atoms with Gasteiger partial charge in [-0.15, -0.1) is 0 Å². The van der Waals surface area contributed by atoms with Gasteiger partial charge in [-0.05, 0) is 32.1 Å². The van der Waals surface area contributed by atoms with Crippen LogP contribution >= 0.6 is 0 Å². The van der Waals surface area contributed by atoms with Crippen molar-refractivity contribution in [3.8, 4) is 0 Å². The quantitative estimate of drug-likeness (QED) is 0.323. The summed E-state index contributed by atoms with van der Waals surface area (Å²) in [5.41, 5.74) is -0.396. The fourth-order valence-corrected chi connectivity index (χ4v) is 2.21. The Morgan fingerprint density at radius 2 is 1.80 bits per heavy atom. The van der Waals surface area contributed by atoms with E-state index in [9.17, 15) is 4.79 Å². The van der Waals surface area contributed by atoms with Gasteiger partial charge in [-0.3, -0.25) is 4.79 Å². The van der Waals surface area contributed by atoms with Crippen molar-refractivity contribution in [3.63, 3.8) is 0 Å². The summed E-state index contributed by atoms with van der Waals surface area (Å²) in [7, 11) is 0. The van der Waals surface area contributed by atoms with E-state index in [0.29, 0.717) is 6.61 Å². The summed E-state index contributed by atoms with van der Waals surface area (Å²) >= 11 is 0. The number of ether oxygens (including phenoxy) is 2. The first-order valence-electron chi connectivity index (χ1n) is 8.16. The van der Waals surface area contributed by atoms with Crippen molar-refractivity contribution >= 4 is 5.97 Å². The van der Waals surface area contributed by atoms with Crippen molar-refractivity contribution < 1.29 is 14.3 Å². The molecule has 1 fully saturated rings. The average Bonchev–Trinajstić information content (AvgIpc) is 3.24. The maximum atomic E-state index is 12.3. The van der Waals surface area contributed by atoms with Gasteiger partial charge in [-0.25, -0.2) is 0 Å². The molecule has 116 valence electrons. The number of rotatable bonds is 11. The van der Waals surface area contributed by atoms with Crippen LogP contribution in [0.5, 0.6) is 0 Å². The first-order valence-corrected chi connectivity index (χ1v) is 8.16. The topological polar surface area (TPSA) is 35.5 Å². The molecule has 1 rings (SSSR count). The zero-order chi connectivity index (χ0) is 14.8. The van der Waals surface area contributed by atoms with Crippen LogP contribution in [0, 0.1) is 5.41 Å². The van der Waals surface area contributed by atoms with Gasteiger partial charge < -0.3 is 9.47 Å². The van der Waals surface area contributed by atoms with Crippen molar-refractivity contribution in [2.75, 3.05) is 13.2 Å². The standard InChI is InChI=1S/C17H30O3/c1-4-7-10-15(19-13-8-5-2)17(11-12-17)16(18)20-14-9-6-3/h7,10,15H,4-6,8-9,11-14H2,1-3H3/b10-7+. The van der Waals surface area contributed by atoms with E-state index in [1.54, 1.807) is 0 Å². The van der Waals surface area contributed by atoms with Gasteiger partial charge in [0.25, 0.3) is 0 Å². The summed E-state index contributed by atoms with van der Waals surface area (Å²) in [6.45, 7) is 7.60. The Morgan fingerprint density at radius 1 is 1.15 bits per heavy atom. The van der Waals surface area contributed by atoms with E-state index in [1.807, 2.05) is 0 Å². The van der Waals surface area contributed by atoms with Crippen molar-refractivity contribution in [1.82, 2.24) is 0 Å². The molecule has 0 saturated heterocycles. The molecule has 20 heavy (non-hydrogen) atoms. The molecule has 0 spiro atoms. The van der Waals surface area contributed by atoms with Gasteiger partial charge in [0.1, 0.15) is 0 Å². The molecular weight excluding hydrogens is 252 g/mol. The predicted molar refractivity (Wildman–Crippen MR) is 81.6 cm³/mol. The molecule has 1 saturated carbocycles. The maximum Gasteiger partial charge on any atom is 0.315 e. The smallest absolute Gasteiger partial charge is 0.315 e. The van der Waals surface area contributed by atoms with Gasteiger partial charge in [-0.2, -0.15) is 0 Å². The van der Waals surface area contributed by atoms with Crippen LogP contribution in [0.3, 0.4) is 0 Å². The average molecular weight is 282 g/mol. The molecular formula is C17H30O3. The Morgan fingerprint density at radius 3 is 2.35 bits per heavy atom. The highest BCUT2D eigenvalue weighted by atomic mass is 16.5. The third-order valence-electron chi connectivity index (χ3n) is 3.81. The maximum absolute atomic E-state index is 12.3. The van der Waals surface area contributed by atoms with Gasteiger partial charge in [0.05, 0.1) is 18.1 Å². The summed E-state index contributed by atoms with van der Waals surface area (Å²) in [5.74, 6) is -0.0619. The molecule has 1 aliphatic rings. The predicted octanol–water partition coefficient (Wildman–Crippen LogP) is 4.26. The number of hydrogen-bond donors (Lipinski definition) is 0.